The maximum absolute atomic E-state index is 13.2. The van der Waals surface area contributed by atoms with E-state index in [1.807, 2.05) is 27.7 Å². The summed E-state index contributed by atoms with van der Waals surface area (Å²) in [4.78, 5) is 62.5. The number of amides is 4. The molecule has 214 valence electrons. The van der Waals surface area contributed by atoms with E-state index in [9.17, 15) is 24.0 Å². The van der Waals surface area contributed by atoms with Gasteiger partial charge in [0, 0.05) is 36.2 Å². The summed E-state index contributed by atoms with van der Waals surface area (Å²) < 4.78 is 5.26. The second-order valence-electron chi connectivity index (χ2n) is 10.9. The zero-order chi connectivity index (χ0) is 29.3. The maximum Gasteiger partial charge on any atom is 0.336 e. The van der Waals surface area contributed by atoms with Crippen molar-refractivity contribution in [2.24, 2.45) is 17.8 Å². The van der Waals surface area contributed by atoms with Crippen molar-refractivity contribution < 1.29 is 23.6 Å². The molecular formula is C29H42N4O6. The van der Waals surface area contributed by atoms with Crippen LogP contribution in [0.5, 0.6) is 0 Å². The molecule has 10 heteroatoms. The van der Waals surface area contributed by atoms with Gasteiger partial charge in [-0.1, -0.05) is 34.6 Å². The zero-order valence-corrected chi connectivity index (χ0v) is 24.0. The van der Waals surface area contributed by atoms with E-state index in [0.717, 1.165) is 10.9 Å². The molecule has 2 aromatic rings. The number of hydrogen-bond donors (Lipinski definition) is 4. The third kappa shape index (κ3) is 9.85. The Morgan fingerprint density at radius 2 is 1.54 bits per heavy atom. The molecule has 3 unspecified atom stereocenters. The molecule has 10 nitrogen and oxygen atoms in total. The molecule has 3 atom stereocenters. The van der Waals surface area contributed by atoms with Crippen LogP contribution in [0.15, 0.2) is 33.5 Å². The molecule has 4 N–H and O–H groups in total. The minimum atomic E-state index is -0.894. The minimum Gasteiger partial charge on any atom is -0.423 e. The van der Waals surface area contributed by atoms with E-state index in [-0.39, 0.29) is 30.2 Å². The highest BCUT2D eigenvalue weighted by molar-refractivity contribution is 5.99. The Kier molecular flexibility index (Phi) is 11.7. The van der Waals surface area contributed by atoms with Crippen molar-refractivity contribution >= 4 is 40.3 Å². The van der Waals surface area contributed by atoms with E-state index in [2.05, 4.69) is 21.3 Å². The van der Waals surface area contributed by atoms with Crippen LogP contribution in [0, 0.1) is 24.7 Å². The number of aryl methyl sites for hydroxylation is 1. The summed E-state index contributed by atoms with van der Waals surface area (Å²) in [5.74, 6) is -1.57. The molecule has 0 saturated carbocycles. The van der Waals surface area contributed by atoms with Gasteiger partial charge < -0.3 is 25.7 Å². The Hall–Kier alpha value is -3.69. The summed E-state index contributed by atoms with van der Waals surface area (Å²) in [7, 11) is 0. The molecule has 0 radical (unpaired) electrons. The number of fused-ring (bicyclic) bond motifs is 1. The van der Waals surface area contributed by atoms with Crippen LogP contribution in [-0.2, 0) is 19.2 Å². The van der Waals surface area contributed by atoms with Gasteiger partial charge in [0.25, 0.3) is 0 Å². The van der Waals surface area contributed by atoms with Crippen LogP contribution >= 0.6 is 0 Å². The topological polar surface area (TPSA) is 147 Å². The van der Waals surface area contributed by atoms with Crippen LogP contribution in [0.1, 0.15) is 66.4 Å². The van der Waals surface area contributed by atoms with Crippen molar-refractivity contribution in [2.75, 3.05) is 11.9 Å². The molecule has 1 aromatic carbocycles. The Bertz CT molecular complexity index is 1240. The lowest BCUT2D eigenvalue weighted by molar-refractivity contribution is -0.132. The maximum atomic E-state index is 13.2. The second-order valence-corrected chi connectivity index (χ2v) is 10.9. The van der Waals surface area contributed by atoms with E-state index in [1.165, 1.54) is 6.07 Å². The first-order valence-electron chi connectivity index (χ1n) is 13.5. The fourth-order valence-electron chi connectivity index (χ4n) is 4.24. The lowest BCUT2D eigenvalue weighted by Gasteiger charge is -2.24. The van der Waals surface area contributed by atoms with Crippen molar-refractivity contribution in [3.05, 3.63) is 40.2 Å². The molecule has 2 rings (SSSR count). The molecule has 4 amide bonds. The van der Waals surface area contributed by atoms with Gasteiger partial charge in [-0.3, -0.25) is 19.2 Å². The van der Waals surface area contributed by atoms with Gasteiger partial charge in [-0.2, -0.15) is 0 Å². The summed E-state index contributed by atoms with van der Waals surface area (Å²) in [5.41, 5.74) is 1.07. The zero-order valence-electron chi connectivity index (χ0n) is 24.0. The van der Waals surface area contributed by atoms with Crippen LogP contribution in [0.3, 0.4) is 0 Å². The molecule has 0 saturated heterocycles. The van der Waals surface area contributed by atoms with Crippen molar-refractivity contribution in [3.8, 4) is 0 Å². The predicted octanol–water partition coefficient (Wildman–Crippen LogP) is 3.26. The van der Waals surface area contributed by atoms with Gasteiger partial charge in [-0.25, -0.2) is 4.79 Å². The molecule has 0 aliphatic rings. The first-order chi connectivity index (χ1) is 18.3. The summed E-state index contributed by atoms with van der Waals surface area (Å²) in [6, 6.07) is 4.69. The molecule has 0 bridgehead atoms. The van der Waals surface area contributed by atoms with Crippen LogP contribution in [0.4, 0.5) is 5.69 Å². The van der Waals surface area contributed by atoms with Gasteiger partial charge in [0.05, 0.1) is 5.92 Å². The Balaban J connectivity index is 2.10. The minimum absolute atomic E-state index is 0.0980. The van der Waals surface area contributed by atoms with Gasteiger partial charge in [0.1, 0.15) is 17.7 Å². The third-order valence-electron chi connectivity index (χ3n) is 6.30. The Morgan fingerprint density at radius 3 is 2.15 bits per heavy atom. The lowest BCUT2D eigenvalue weighted by Crippen LogP contribution is -2.53. The summed E-state index contributed by atoms with van der Waals surface area (Å²) in [6.45, 7) is 13.1. The fourth-order valence-corrected chi connectivity index (χ4v) is 4.24. The first kappa shape index (κ1) is 31.5. The number of carbonyl (C=O) groups is 4. The average molecular weight is 543 g/mol. The van der Waals surface area contributed by atoms with Crippen molar-refractivity contribution in [1.82, 2.24) is 16.0 Å². The molecule has 0 fully saturated rings. The molecule has 1 heterocycles. The van der Waals surface area contributed by atoms with Crippen molar-refractivity contribution in [1.29, 1.82) is 0 Å². The number of rotatable bonds is 13. The van der Waals surface area contributed by atoms with Gasteiger partial charge in [0.15, 0.2) is 0 Å². The molecule has 39 heavy (non-hydrogen) atoms. The highest BCUT2D eigenvalue weighted by atomic mass is 16.4. The highest BCUT2D eigenvalue weighted by Crippen LogP contribution is 2.21. The number of carbonyl (C=O) groups excluding carboxylic acids is 4. The van der Waals surface area contributed by atoms with Gasteiger partial charge in [0.2, 0.25) is 23.6 Å². The van der Waals surface area contributed by atoms with E-state index in [4.69, 9.17) is 4.42 Å². The monoisotopic (exact) mass is 542 g/mol. The summed E-state index contributed by atoms with van der Waals surface area (Å²) >= 11 is 0. The van der Waals surface area contributed by atoms with Crippen LogP contribution in [-0.4, -0.2) is 42.3 Å². The Labute approximate surface area is 229 Å². The lowest BCUT2D eigenvalue weighted by atomic mass is 9.95. The summed E-state index contributed by atoms with van der Waals surface area (Å²) in [6.07, 6.45) is 1.24. The van der Waals surface area contributed by atoms with E-state index in [0.29, 0.717) is 30.5 Å². The van der Waals surface area contributed by atoms with Crippen LogP contribution in [0.25, 0.3) is 11.0 Å². The molecule has 0 aliphatic heterocycles. The smallest absolute Gasteiger partial charge is 0.336 e. The quantitative estimate of drug-likeness (QED) is 0.286. The SMILES string of the molecule is CCC(=O)NCC(CC(C)C)C(=O)NC(C)C(=O)NC(CC(C)C)C(=O)Nc1ccc2c(C)cc(=O)oc2c1. The highest BCUT2D eigenvalue weighted by Gasteiger charge is 2.28. The summed E-state index contributed by atoms with van der Waals surface area (Å²) in [5, 5.41) is 11.8. The molecule has 0 spiro atoms. The average Bonchev–Trinajstić information content (AvgIpc) is 2.84. The number of anilines is 1. The molecule has 0 aliphatic carbocycles. The van der Waals surface area contributed by atoms with Gasteiger partial charge in [-0.15, -0.1) is 0 Å². The van der Waals surface area contributed by atoms with E-state index < -0.39 is 35.4 Å². The molecule has 1 aromatic heterocycles. The van der Waals surface area contributed by atoms with Gasteiger partial charge in [-0.05, 0) is 56.2 Å². The first-order valence-corrected chi connectivity index (χ1v) is 13.5. The normalized spacial score (nSPS) is 13.6. The number of hydrogen-bond acceptors (Lipinski definition) is 6. The predicted molar refractivity (Wildman–Crippen MR) is 151 cm³/mol. The largest absolute Gasteiger partial charge is 0.423 e. The van der Waals surface area contributed by atoms with E-state index in [1.54, 1.807) is 39.0 Å². The van der Waals surface area contributed by atoms with E-state index >= 15 is 0 Å². The second kappa shape index (κ2) is 14.5. The third-order valence-corrected chi connectivity index (χ3v) is 6.30. The Morgan fingerprint density at radius 1 is 0.872 bits per heavy atom. The van der Waals surface area contributed by atoms with Crippen molar-refractivity contribution in [2.45, 2.75) is 79.8 Å². The number of nitrogens with one attached hydrogen (secondary N) is 4. The van der Waals surface area contributed by atoms with Gasteiger partial charge >= 0.3 is 5.63 Å². The van der Waals surface area contributed by atoms with Crippen LogP contribution in [0.2, 0.25) is 0 Å². The fraction of sp³-hybridized carbons (Fsp3) is 0.552. The van der Waals surface area contributed by atoms with Crippen LogP contribution < -0.4 is 26.9 Å². The number of benzene rings is 1. The van der Waals surface area contributed by atoms with Crippen molar-refractivity contribution in [3.63, 3.8) is 0 Å². The standard InChI is InChI=1S/C29H42N4O6/c1-8-25(34)30-15-20(11-16(2)3)28(37)31-19(7)27(36)33-23(12-17(4)5)29(38)32-21-9-10-22-18(6)13-26(35)39-24(22)14-21/h9-10,13-14,16-17,19-20,23H,8,11-12,15H2,1-7H3,(H,30,34)(H,31,37)(H,32,38)(H,33,36). The molecular weight excluding hydrogens is 500 g/mol.